The van der Waals surface area contributed by atoms with Gasteiger partial charge in [0.1, 0.15) is 5.82 Å². The van der Waals surface area contributed by atoms with Crippen LogP contribution in [0.4, 0.5) is 5.82 Å². The third-order valence-electron chi connectivity index (χ3n) is 3.44. The molecule has 1 aliphatic rings. The van der Waals surface area contributed by atoms with Crippen LogP contribution in [0.25, 0.3) is 0 Å². The van der Waals surface area contributed by atoms with Crippen LogP contribution < -0.4 is 5.32 Å². The molecule has 2 heterocycles. The Bertz CT molecular complexity index is 430. The van der Waals surface area contributed by atoms with Gasteiger partial charge in [0.25, 0.3) is 5.91 Å². The van der Waals surface area contributed by atoms with E-state index in [1.807, 2.05) is 24.9 Å². The van der Waals surface area contributed by atoms with Gasteiger partial charge in [-0.1, -0.05) is 0 Å². The zero-order chi connectivity index (χ0) is 13.7. The summed E-state index contributed by atoms with van der Waals surface area (Å²) in [5, 5.41) is 3.13. The molecule has 1 aromatic rings. The number of aromatic nitrogens is 1. The summed E-state index contributed by atoms with van der Waals surface area (Å²) in [6, 6.07) is 3.88. The van der Waals surface area contributed by atoms with Crippen LogP contribution in [-0.4, -0.2) is 48.6 Å². The maximum Gasteiger partial charge on any atom is 0.257 e. The van der Waals surface area contributed by atoms with Gasteiger partial charge in [0.15, 0.2) is 0 Å². The fraction of sp³-hybridized carbons (Fsp3) is 0.571. The highest BCUT2D eigenvalue weighted by Crippen LogP contribution is 2.19. The number of carbonyl (C=O) groups excluding carboxylic acids is 1. The first-order valence-electron chi connectivity index (χ1n) is 6.77. The van der Waals surface area contributed by atoms with E-state index in [0.717, 1.165) is 32.6 Å². The molecule has 2 rings (SSSR count). The summed E-state index contributed by atoms with van der Waals surface area (Å²) in [4.78, 5) is 18.6. The first-order chi connectivity index (χ1) is 9.24. The summed E-state index contributed by atoms with van der Waals surface area (Å²) in [6.45, 7) is 4.20. The van der Waals surface area contributed by atoms with Crippen molar-refractivity contribution < 1.29 is 9.53 Å². The van der Waals surface area contributed by atoms with Crippen molar-refractivity contribution in [2.45, 2.75) is 25.8 Å². The van der Waals surface area contributed by atoms with Gasteiger partial charge < -0.3 is 15.0 Å². The molecule has 1 fully saturated rings. The molecular formula is C14H21N3O2. The highest BCUT2D eigenvalue weighted by molar-refractivity contribution is 5.98. The lowest BCUT2D eigenvalue weighted by Gasteiger charge is -2.31. The average Bonchev–Trinajstić information content (AvgIpc) is 2.47. The summed E-state index contributed by atoms with van der Waals surface area (Å²) in [5.74, 6) is 0.685. The maximum absolute atomic E-state index is 12.5. The minimum absolute atomic E-state index is 0.0240. The number of amides is 1. The van der Waals surface area contributed by atoms with E-state index in [2.05, 4.69) is 10.3 Å². The van der Waals surface area contributed by atoms with Gasteiger partial charge in [-0.25, -0.2) is 4.98 Å². The first kappa shape index (κ1) is 13.8. The number of rotatable bonds is 4. The van der Waals surface area contributed by atoms with Gasteiger partial charge in [-0.05, 0) is 31.9 Å². The van der Waals surface area contributed by atoms with Crippen molar-refractivity contribution in [2.75, 3.05) is 32.1 Å². The summed E-state index contributed by atoms with van der Waals surface area (Å²) < 4.78 is 5.33. The number of nitrogens with zero attached hydrogens (tertiary/aromatic N) is 2. The van der Waals surface area contributed by atoms with Gasteiger partial charge in [-0.2, -0.15) is 0 Å². The zero-order valence-corrected chi connectivity index (χ0v) is 11.6. The van der Waals surface area contributed by atoms with E-state index in [9.17, 15) is 4.79 Å². The number of hydrogen-bond donors (Lipinski definition) is 1. The molecule has 19 heavy (non-hydrogen) atoms. The molecule has 1 saturated heterocycles. The zero-order valence-electron chi connectivity index (χ0n) is 11.6. The van der Waals surface area contributed by atoms with E-state index in [1.165, 1.54) is 0 Å². The Hall–Kier alpha value is -1.62. The predicted octanol–water partition coefficient (Wildman–Crippen LogP) is 1.76. The Labute approximate surface area is 114 Å². The van der Waals surface area contributed by atoms with Crippen molar-refractivity contribution in [2.24, 2.45) is 0 Å². The Morgan fingerprint density at radius 1 is 1.53 bits per heavy atom. The van der Waals surface area contributed by atoms with Crippen LogP contribution in [0.3, 0.4) is 0 Å². The first-order valence-corrected chi connectivity index (χ1v) is 6.77. The molecule has 1 amide bonds. The van der Waals surface area contributed by atoms with E-state index < -0.39 is 0 Å². The van der Waals surface area contributed by atoms with Crippen LogP contribution in [0.2, 0.25) is 0 Å². The van der Waals surface area contributed by atoms with Crippen molar-refractivity contribution in [1.29, 1.82) is 0 Å². The van der Waals surface area contributed by atoms with E-state index in [-0.39, 0.29) is 11.9 Å². The lowest BCUT2D eigenvalue weighted by molar-refractivity contribution is 0.0362. The van der Waals surface area contributed by atoms with Gasteiger partial charge in [0.2, 0.25) is 0 Å². The lowest BCUT2D eigenvalue weighted by Crippen LogP contribution is -2.40. The number of pyridine rings is 1. The van der Waals surface area contributed by atoms with E-state index in [1.54, 1.807) is 12.3 Å². The fourth-order valence-electron chi connectivity index (χ4n) is 2.31. The van der Waals surface area contributed by atoms with Crippen LogP contribution in [0.1, 0.15) is 30.1 Å². The molecule has 0 spiro atoms. The molecule has 0 radical (unpaired) electrons. The maximum atomic E-state index is 12.5. The molecule has 0 bridgehead atoms. The van der Waals surface area contributed by atoms with E-state index in [0.29, 0.717) is 11.4 Å². The van der Waals surface area contributed by atoms with Crippen LogP contribution in [0.15, 0.2) is 18.3 Å². The second-order valence-electron chi connectivity index (χ2n) is 4.69. The topological polar surface area (TPSA) is 54.5 Å². The van der Waals surface area contributed by atoms with Crippen molar-refractivity contribution in [1.82, 2.24) is 9.88 Å². The van der Waals surface area contributed by atoms with Crippen LogP contribution in [0.5, 0.6) is 0 Å². The quantitative estimate of drug-likeness (QED) is 0.899. The van der Waals surface area contributed by atoms with Crippen molar-refractivity contribution in [3.8, 4) is 0 Å². The van der Waals surface area contributed by atoms with Crippen molar-refractivity contribution in [3.05, 3.63) is 23.9 Å². The van der Waals surface area contributed by atoms with E-state index in [4.69, 9.17) is 4.74 Å². The van der Waals surface area contributed by atoms with Crippen LogP contribution >= 0.6 is 0 Å². The lowest BCUT2D eigenvalue weighted by atomic mass is 10.1. The Morgan fingerprint density at radius 3 is 2.95 bits per heavy atom. The van der Waals surface area contributed by atoms with Gasteiger partial charge in [0.05, 0.1) is 5.56 Å². The molecule has 5 nitrogen and oxygen atoms in total. The smallest absolute Gasteiger partial charge is 0.257 e. The molecular weight excluding hydrogens is 242 g/mol. The second-order valence-corrected chi connectivity index (χ2v) is 4.69. The monoisotopic (exact) mass is 263 g/mol. The highest BCUT2D eigenvalue weighted by Gasteiger charge is 2.24. The second kappa shape index (κ2) is 6.52. The third-order valence-corrected chi connectivity index (χ3v) is 3.44. The molecule has 0 atom stereocenters. The molecule has 5 heteroatoms. The molecule has 1 aliphatic heterocycles. The molecule has 0 aliphatic carbocycles. The number of ether oxygens (including phenoxy) is 1. The van der Waals surface area contributed by atoms with Gasteiger partial charge in [0, 0.05) is 39.0 Å². The molecule has 1 aromatic heterocycles. The fourth-order valence-corrected chi connectivity index (χ4v) is 2.31. The minimum atomic E-state index is 0.0240. The van der Waals surface area contributed by atoms with E-state index >= 15 is 0 Å². The largest absolute Gasteiger partial charge is 0.381 e. The number of carbonyl (C=O) groups is 1. The summed E-state index contributed by atoms with van der Waals surface area (Å²) in [5.41, 5.74) is 0.637. The number of hydrogen-bond acceptors (Lipinski definition) is 4. The standard InChI is InChI=1S/C14H21N3O2/c1-3-15-13-12(5-4-8-16-13)14(18)17(2)11-6-9-19-10-7-11/h4-5,8,11H,3,6-7,9-10H2,1-2H3,(H,15,16). The number of anilines is 1. The molecule has 104 valence electrons. The van der Waals surface area contributed by atoms with Crippen LogP contribution in [0, 0.1) is 0 Å². The SMILES string of the molecule is CCNc1ncccc1C(=O)N(C)C1CCOCC1. The summed E-state index contributed by atoms with van der Waals surface area (Å²) >= 11 is 0. The Kier molecular flexibility index (Phi) is 4.74. The summed E-state index contributed by atoms with van der Waals surface area (Å²) in [7, 11) is 1.86. The van der Waals surface area contributed by atoms with Crippen molar-refractivity contribution >= 4 is 11.7 Å². The highest BCUT2D eigenvalue weighted by atomic mass is 16.5. The molecule has 0 unspecified atom stereocenters. The van der Waals surface area contributed by atoms with Gasteiger partial charge in [-0.3, -0.25) is 4.79 Å². The van der Waals surface area contributed by atoms with Crippen LogP contribution in [-0.2, 0) is 4.74 Å². The van der Waals surface area contributed by atoms with Gasteiger partial charge >= 0.3 is 0 Å². The average molecular weight is 263 g/mol. The predicted molar refractivity (Wildman–Crippen MR) is 74.3 cm³/mol. The Morgan fingerprint density at radius 2 is 2.26 bits per heavy atom. The molecule has 0 aromatic carbocycles. The minimum Gasteiger partial charge on any atom is -0.381 e. The normalized spacial score (nSPS) is 16.1. The summed E-state index contributed by atoms with van der Waals surface area (Å²) in [6.07, 6.45) is 3.50. The molecule has 1 N–H and O–H groups in total. The third kappa shape index (κ3) is 3.23. The van der Waals surface area contributed by atoms with Crippen molar-refractivity contribution in [3.63, 3.8) is 0 Å². The molecule has 0 saturated carbocycles. The number of nitrogens with one attached hydrogen (secondary N) is 1. The Balaban J connectivity index is 2.13. The van der Waals surface area contributed by atoms with Gasteiger partial charge in [-0.15, -0.1) is 0 Å².